The van der Waals surface area contributed by atoms with Crippen LogP contribution in [0.5, 0.6) is 0 Å². The molecule has 0 N–H and O–H groups in total. The van der Waals surface area contributed by atoms with Crippen molar-refractivity contribution in [3.05, 3.63) is 33.8 Å². The summed E-state index contributed by atoms with van der Waals surface area (Å²) < 4.78 is 5.31. The van der Waals surface area contributed by atoms with Crippen LogP contribution in [0.4, 0.5) is 0 Å². The van der Waals surface area contributed by atoms with E-state index in [9.17, 15) is 9.59 Å². The van der Waals surface area contributed by atoms with Crippen LogP contribution in [0.15, 0.2) is 33.8 Å². The Morgan fingerprint density at radius 1 is 0.964 bits per heavy atom. The zero-order valence-corrected chi connectivity index (χ0v) is 16.8. The molecule has 8 aliphatic carbocycles. The lowest BCUT2D eigenvalue weighted by Crippen LogP contribution is -2.72. The van der Waals surface area contributed by atoms with Gasteiger partial charge in [-0.1, -0.05) is 6.08 Å². The van der Waals surface area contributed by atoms with E-state index in [2.05, 4.69) is 11.5 Å². The fourth-order valence-electron chi connectivity index (χ4n) is 10.3. The molecule has 1 spiro atoms. The zero-order chi connectivity index (χ0) is 18.5. The highest BCUT2D eigenvalue weighted by molar-refractivity contribution is 8.03. The second kappa shape index (κ2) is 4.55. The van der Waals surface area contributed by atoms with Crippen LogP contribution in [0.2, 0.25) is 0 Å². The van der Waals surface area contributed by atoms with E-state index in [1.807, 2.05) is 18.7 Å². The molecule has 7 fully saturated rings. The van der Waals surface area contributed by atoms with E-state index in [1.54, 1.807) is 0 Å². The van der Waals surface area contributed by atoms with Gasteiger partial charge in [0.15, 0.2) is 0 Å². The molecule has 144 valence electrons. The molecule has 10 atom stereocenters. The van der Waals surface area contributed by atoms with Gasteiger partial charge in [0.25, 0.3) is 0 Å². The molecule has 2 heterocycles. The average molecular weight is 393 g/mol. The summed E-state index contributed by atoms with van der Waals surface area (Å²) in [6.07, 6.45) is 9.01. The zero-order valence-electron chi connectivity index (χ0n) is 16.0. The van der Waals surface area contributed by atoms with Crippen molar-refractivity contribution in [2.24, 2.45) is 52.8 Å². The number of ether oxygens (including phenoxy) is 1. The summed E-state index contributed by atoms with van der Waals surface area (Å²) in [6, 6.07) is 0. The van der Waals surface area contributed by atoms with Crippen LogP contribution in [0.3, 0.4) is 0 Å². The molecule has 7 saturated carbocycles. The number of fused-ring (bicyclic) bond motifs is 1. The van der Waals surface area contributed by atoms with Gasteiger partial charge >= 0.3 is 11.9 Å². The fourth-order valence-corrected chi connectivity index (χ4v) is 11.7. The van der Waals surface area contributed by atoms with E-state index in [1.165, 1.54) is 37.7 Å². The third-order valence-corrected chi connectivity index (χ3v) is 11.8. The molecule has 0 aromatic heterocycles. The first-order valence-electron chi connectivity index (χ1n) is 11.1. The summed E-state index contributed by atoms with van der Waals surface area (Å²) in [6.45, 7) is 2.03. The maximum atomic E-state index is 13.2. The minimum absolute atomic E-state index is 0.156. The molecule has 4 heteroatoms. The predicted octanol–water partition coefficient (Wildman–Crippen LogP) is 4.26. The van der Waals surface area contributed by atoms with Crippen LogP contribution in [-0.2, 0) is 14.3 Å². The summed E-state index contributed by atoms with van der Waals surface area (Å²) in [5, 5.41) is 2.54. The number of cyclic esters (lactones) is 2. The van der Waals surface area contributed by atoms with E-state index in [-0.39, 0.29) is 17.4 Å². The Kier molecular flexibility index (Phi) is 2.53. The second-order valence-corrected chi connectivity index (χ2v) is 11.9. The number of carbonyl (C=O) groups is 2. The number of allylic oxidation sites excluding steroid dienone is 1. The molecule has 0 amide bonds. The van der Waals surface area contributed by atoms with Gasteiger partial charge in [0, 0.05) is 10.7 Å². The molecule has 2 aliphatic heterocycles. The monoisotopic (exact) mass is 392 g/mol. The quantitative estimate of drug-likeness (QED) is 0.456. The molecule has 8 bridgehead atoms. The topological polar surface area (TPSA) is 43.4 Å². The Morgan fingerprint density at radius 2 is 1.64 bits per heavy atom. The molecule has 10 rings (SSSR count). The van der Waals surface area contributed by atoms with Crippen LogP contribution in [0.25, 0.3) is 0 Å². The summed E-state index contributed by atoms with van der Waals surface area (Å²) in [5.74, 6) is 5.67. The van der Waals surface area contributed by atoms with Gasteiger partial charge in [0.05, 0.1) is 11.1 Å². The Balaban J connectivity index is 1.44. The first kappa shape index (κ1) is 15.5. The minimum atomic E-state index is -0.380. The number of esters is 2. The van der Waals surface area contributed by atoms with Crippen molar-refractivity contribution in [2.45, 2.75) is 44.3 Å². The van der Waals surface area contributed by atoms with Crippen LogP contribution in [-0.4, -0.2) is 17.2 Å². The maximum absolute atomic E-state index is 13.2. The summed E-state index contributed by atoms with van der Waals surface area (Å²) in [4.78, 5) is 26.0. The lowest BCUT2D eigenvalue weighted by molar-refractivity contribution is -0.253. The molecule has 0 aromatic rings. The van der Waals surface area contributed by atoms with Gasteiger partial charge in [0.2, 0.25) is 0 Å². The summed E-state index contributed by atoms with van der Waals surface area (Å²) >= 11 is 1.92. The molecule has 0 saturated heterocycles. The van der Waals surface area contributed by atoms with Gasteiger partial charge in [-0.25, -0.2) is 9.59 Å². The molecule has 3 nitrogen and oxygen atoms in total. The number of hydrogen-bond acceptors (Lipinski definition) is 4. The highest BCUT2D eigenvalue weighted by Crippen LogP contribution is 2.80. The van der Waals surface area contributed by atoms with Gasteiger partial charge in [-0.15, -0.1) is 11.8 Å². The molecular weight excluding hydrogens is 368 g/mol. The van der Waals surface area contributed by atoms with Crippen LogP contribution in [0, 0.1) is 52.8 Å². The minimum Gasteiger partial charge on any atom is -0.386 e. The molecular formula is C24H24O3S. The number of thioether (sulfide) groups is 1. The number of hydrogen-bond donors (Lipinski definition) is 0. The smallest absolute Gasteiger partial charge is 0.346 e. The van der Waals surface area contributed by atoms with Gasteiger partial charge in [-0.2, -0.15) is 0 Å². The average Bonchev–Trinajstić information content (AvgIpc) is 3.29. The fraction of sp³-hybridized carbons (Fsp3) is 0.667. The van der Waals surface area contributed by atoms with Crippen molar-refractivity contribution >= 4 is 23.7 Å². The summed E-state index contributed by atoms with van der Waals surface area (Å²) in [7, 11) is 0. The third kappa shape index (κ3) is 1.37. The van der Waals surface area contributed by atoms with Crippen molar-refractivity contribution in [3.63, 3.8) is 0 Å². The van der Waals surface area contributed by atoms with Crippen molar-refractivity contribution in [1.82, 2.24) is 0 Å². The van der Waals surface area contributed by atoms with Gasteiger partial charge in [0.1, 0.15) is 0 Å². The van der Waals surface area contributed by atoms with Crippen LogP contribution < -0.4 is 0 Å². The van der Waals surface area contributed by atoms with E-state index < -0.39 is 0 Å². The SMILES string of the molecule is CC1=C2C=CS[C@H]2[C@]2(C3=C1C(=O)OC3=O)C1CC3C4CC5CC3[C@@H](C1)C(C5)C42. The Bertz CT molecular complexity index is 964. The molecule has 28 heavy (non-hydrogen) atoms. The molecule has 7 unspecified atom stereocenters. The number of rotatable bonds is 0. The first-order valence-corrected chi connectivity index (χ1v) is 12.1. The van der Waals surface area contributed by atoms with Crippen molar-refractivity contribution in [2.75, 3.05) is 0 Å². The van der Waals surface area contributed by atoms with Crippen LogP contribution in [0.1, 0.15) is 39.0 Å². The van der Waals surface area contributed by atoms with Gasteiger partial charge in [-0.05, 0) is 103 Å². The second-order valence-electron chi connectivity index (χ2n) is 10.8. The lowest BCUT2D eigenvalue weighted by Gasteiger charge is -2.76. The third-order valence-electron chi connectivity index (χ3n) is 10.5. The van der Waals surface area contributed by atoms with Crippen LogP contribution >= 0.6 is 11.8 Å². The lowest BCUT2D eigenvalue weighted by atomic mass is 9.28. The largest absolute Gasteiger partial charge is 0.386 e. The molecule has 10 aliphatic rings. The molecule has 0 radical (unpaired) electrons. The van der Waals surface area contributed by atoms with E-state index in [0.29, 0.717) is 22.7 Å². The highest BCUT2D eigenvalue weighted by atomic mass is 32.2. The van der Waals surface area contributed by atoms with E-state index in [0.717, 1.165) is 46.7 Å². The Hall–Kier alpha value is -1.29. The van der Waals surface area contributed by atoms with Gasteiger partial charge in [-0.3, -0.25) is 0 Å². The maximum Gasteiger partial charge on any atom is 0.346 e. The molecule has 0 aromatic carbocycles. The Labute approximate surface area is 169 Å². The van der Waals surface area contributed by atoms with Gasteiger partial charge < -0.3 is 4.74 Å². The van der Waals surface area contributed by atoms with E-state index in [4.69, 9.17) is 4.74 Å². The first-order chi connectivity index (χ1) is 13.6. The standard InChI is InChI=1S/C24H24O3S/c1-9-12-2-3-28-21(12)24(20-18(9)22(25)27-23(20)26)11-7-14-13-4-10-5-16(14)19(24)17(6-10)15(13)8-11/h2-3,10-11,13-17,19,21H,4-8H2,1H3/t10?,11?,13?,14-,15?,16?,17?,19?,21-,24-/m1/s1. The van der Waals surface area contributed by atoms with Crippen molar-refractivity contribution in [1.29, 1.82) is 0 Å². The van der Waals surface area contributed by atoms with Crippen molar-refractivity contribution in [3.8, 4) is 0 Å². The summed E-state index contributed by atoms with van der Waals surface area (Å²) in [5.41, 5.74) is 3.63. The predicted molar refractivity (Wildman–Crippen MR) is 105 cm³/mol. The van der Waals surface area contributed by atoms with Crippen molar-refractivity contribution < 1.29 is 14.3 Å². The van der Waals surface area contributed by atoms with E-state index >= 15 is 0 Å². The normalized spacial score (nSPS) is 56.4. The highest BCUT2D eigenvalue weighted by Gasteiger charge is 2.76. The number of carbonyl (C=O) groups excluding carboxylic acids is 2. The Morgan fingerprint density at radius 3 is 2.39 bits per heavy atom.